The molecule has 0 aliphatic rings. The largest absolute Gasteiger partial charge is 0.433 e. The molecule has 0 spiro atoms. The molecular formula is C20H15BrN6O5. The number of nitrogens with two attached hydrogens (primary N) is 1. The van der Waals surface area contributed by atoms with Crippen molar-refractivity contribution in [3.05, 3.63) is 68.2 Å². The topological polar surface area (TPSA) is 158 Å². The number of nitriles is 1. The number of halogens is 1. The fourth-order valence-electron chi connectivity index (χ4n) is 2.57. The lowest BCUT2D eigenvalue weighted by Crippen LogP contribution is -2.21. The average Bonchev–Trinajstić information content (AvgIpc) is 2.72. The van der Waals surface area contributed by atoms with Crippen molar-refractivity contribution >= 4 is 33.3 Å². The number of amides is 1. The highest BCUT2D eigenvalue weighted by Crippen LogP contribution is 2.36. The van der Waals surface area contributed by atoms with Crippen LogP contribution in [0.5, 0.6) is 23.4 Å². The summed E-state index contributed by atoms with van der Waals surface area (Å²) in [5, 5.41) is 20.6. The first kappa shape index (κ1) is 22.4. The summed E-state index contributed by atoms with van der Waals surface area (Å²) in [6.45, 7) is 0. The Labute approximate surface area is 190 Å². The molecule has 0 saturated carbocycles. The highest BCUT2D eigenvalue weighted by molar-refractivity contribution is 9.10. The number of ether oxygens (including phenoxy) is 2. The number of nitrogens with zero attached hydrogens (tertiary/aromatic N) is 5. The van der Waals surface area contributed by atoms with Crippen molar-refractivity contribution in [2.75, 3.05) is 19.8 Å². The molecule has 2 N–H and O–H groups in total. The van der Waals surface area contributed by atoms with Gasteiger partial charge >= 0.3 is 17.6 Å². The van der Waals surface area contributed by atoms with E-state index in [1.807, 2.05) is 6.07 Å². The van der Waals surface area contributed by atoms with Crippen LogP contribution < -0.4 is 15.2 Å². The number of anilines is 1. The van der Waals surface area contributed by atoms with Crippen molar-refractivity contribution < 1.29 is 19.2 Å². The van der Waals surface area contributed by atoms with E-state index in [0.29, 0.717) is 10.0 Å². The molecule has 162 valence electrons. The smallest absolute Gasteiger partial charge is 0.373 e. The molecule has 32 heavy (non-hydrogen) atoms. The minimum atomic E-state index is -0.784. The van der Waals surface area contributed by atoms with Crippen molar-refractivity contribution in [1.82, 2.24) is 14.9 Å². The molecule has 0 bridgehead atoms. The second kappa shape index (κ2) is 9.27. The number of rotatable bonds is 6. The Kier molecular flexibility index (Phi) is 6.50. The number of benzene rings is 2. The van der Waals surface area contributed by atoms with E-state index in [4.69, 9.17) is 20.5 Å². The minimum absolute atomic E-state index is 0.113. The third-order valence-electron chi connectivity index (χ3n) is 3.95. The minimum Gasteiger partial charge on any atom is -0.433 e. The molecule has 1 aromatic heterocycles. The second-order valence-corrected chi connectivity index (χ2v) is 7.44. The van der Waals surface area contributed by atoms with Gasteiger partial charge in [-0.05, 0) is 36.4 Å². The molecule has 0 unspecified atom stereocenters. The van der Waals surface area contributed by atoms with Gasteiger partial charge in [0.1, 0.15) is 11.5 Å². The maximum Gasteiger partial charge on any atom is 0.373 e. The fraction of sp³-hybridized carbons (Fsp3) is 0.100. The molecule has 3 aromatic rings. The first-order valence-electron chi connectivity index (χ1n) is 8.88. The van der Waals surface area contributed by atoms with Crippen LogP contribution in [0.1, 0.15) is 15.9 Å². The first-order chi connectivity index (χ1) is 15.2. The molecule has 0 fully saturated rings. The first-order valence-corrected chi connectivity index (χ1v) is 9.67. The Morgan fingerprint density at radius 3 is 2.59 bits per heavy atom. The van der Waals surface area contributed by atoms with E-state index in [9.17, 15) is 14.9 Å². The third-order valence-corrected chi connectivity index (χ3v) is 4.41. The predicted octanol–water partition coefficient (Wildman–Crippen LogP) is 3.89. The summed E-state index contributed by atoms with van der Waals surface area (Å²) in [7, 11) is 3.22. The number of aromatic nitrogens is 2. The van der Waals surface area contributed by atoms with Gasteiger partial charge in [-0.15, -0.1) is 0 Å². The number of hydrogen-bond donors (Lipinski definition) is 1. The van der Waals surface area contributed by atoms with Crippen LogP contribution in [-0.4, -0.2) is 39.8 Å². The van der Waals surface area contributed by atoms with Crippen LogP contribution >= 0.6 is 15.9 Å². The van der Waals surface area contributed by atoms with Crippen LogP contribution in [0.2, 0.25) is 0 Å². The van der Waals surface area contributed by atoms with E-state index in [1.54, 1.807) is 38.4 Å². The highest BCUT2D eigenvalue weighted by Gasteiger charge is 2.26. The van der Waals surface area contributed by atoms with Crippen molar-refractivity contribution in [3.63, 3.8) is 0 Å². The molecule has 1 amide bonds. The molecule has 11 nitrogen and oxygen atoms in total. The quantitative estimate of drug-likeness (QED) is 0.392. The van der Waals surface area contributed by atoms with E-state index in [-0.39, 0.29) is 29.0 Å². The molecule has 0 radical (unpaired) electrons. The molecule has 0 aliphatic heterocycles. The second-order valence-electron chi connectivity index (χ2n) is 6.52. The van der Waals surface area contributed by atoms with Gasteiger partial charge in [0, 0.05) is 24.1 Å². The van der Waals surface area contributed by atoms with Crippen LogP contribution in [0.25, 0.3) is 0 Å². The molecule has 12 heteroatoms. The zero-order chi connectivity index (χ0) is 23.4. The van der Waals surface area contributed by atoms with E-state index in [2.05, 4.69) is 25.9 Å². The molecule has 0 atom stereocenters. The normalized spacial score (nSPS) is 10.2. The number of carbonyl (C=O) groups excluding carboxylic acids is 1. The summed E-state index contributed by atoms with van der Waals surface area (Å²) in [6.07, 6.45) is 0. The lowest BCUT2D eigenvalue weighted by Gasteiger charge is -2.12. The Balaban J connectivity index is 2.00. The number of carbonyl (C=O) groups is 1. The summed E-state index contributed by atoms with van der Waals surface area (Å²) >= 11 is 3.24. The van der Waals surface area contributed by atoms with E-state index < -0.39 is 22.3 Å². The Bertz CT molecular complexity index is 1260. The van der Waals surface area contributed by atoms with E-state index in [0.717, 1.165) is 0 Å². The SMILES string of the molecule is CN(C)C(=O)c1cccc(Oc2nc(N)c([N+](=O)[O-])c(Oc3cc(Br)cc(C#N)c3)n2)c1. The predicted molar refractivity (Wildman–Crippen MR) is 117 cm³/mol. The van der Waals surface area contributed by atoms with Gasteiger partial charge in [0.25, 0.3) is 5.91 Å². The van der Waals surface area contributed by atoms with Gasteiger partial charge < -0.3 is 20.1 Å². The number of nitro groups is 1. The Morgan fingerprint density at radius 1 is 1.19 bits per heavy atom. The van der Waals surface area contributed by atoms with Gasteiger partial charge in [0.2, 0.25) is 5.82 Å². The molecule has 2 aromatic carbocycles. The van der Waals surface area contributed by atoms with Gasteiger partial charge in [-0.25, -0.2) is 0 Å². The van der Waals surface area contributed by atoms with Gasteiger partial charge in [-0.1, -0.05) is 22.0 Å². The lowest BCUT2D eigenvalue weighted by atomic mass is 10.2. The van der Waals surface area contributed by atoms with Crippen LogP contribution in [0.15, 0.2) is 46.9 Å². The number of hydrogen-bond acceptors (Lipinski definition) is 9. The summed E-state index contributed by atoms with van der Waals surface area (Å²) in [5.41, 5.74) is 5.72. The van der Waals surface area contributed by atoms with Crippen molar-refractivity contribution in [2.45, 2.75) is 0 Å². The summed E-state index contributed by atoms with van der Waals surface area (Å²) in [5.74, 6) is -0.870. The summed E-state index contributed by atoms with van der Waals surface area (Å²) < 4.78 is 11.6. The Hall–Kier alpha value is -4.24. The van der Waals surface area contributed by atoms with Gasteiger partial charge in [-0.2, -0.15) is 15.2 Å². The van der Waals surface area contributed by atoms with Gasteiger partial charge in [0.15, 0.2) is 0 Å². The van der Waals surface area contributed by atoms with Crippen LogP contribution in [0, 0.1) is 21.4 Å². The van der Waals surface area contributed by atoms with Crippen molar-refractivity contribution in [3.8, 4) is 29.5 Å². The van der Waals surface area contributed by atoms with E-state index in [1.165, 1.54) is 23.1 Å². The van der Waals surface area contributed by atoms with Gasteiger partial charge in [0.05, 0.1) is 16.6 Å². The highest BCUT2D eigenvalue weighted by atomic mass is 79.9. The molecular weight excluding hydrogens is 484 g/mol. The fourth-order valence-corrected chi connectivity index (χ4v) is 3.05. The zero-order valence-corrected chi connectivity index (χ0v) is 18.4. The number of nitrogen functional groups attached to an aromatic ring is 1. The maximum atomic E-state index is 12.2. The molecule has 0 aliphatic carbocycles. The van der Waals surface area contributed by atoms with Crippen LogP contribution in [0.3, 0.4) is 0 Å². The molecule has 0 saturated heterocycles. The maximum absolute atomic E-state index is 12.2. The van der Waals surface area contributed by atoms with Gasteiger partial charge in [-0.3, -0.25) is 14.9 Å². The average molecular weight is 499 g/mol. The van der Waals surface area contributed by atoms with Crippen molar-refractivity contribution in [2.24, 2.45) is 0 Å². The summed E-state index contributed by atoms with van der Waals surface area (Å²) in [4.78, 5) is 32.1. The summed E-state index contributed by atoms with van der Waals surface area (Å²) in [6, 6.07) is 12.3. The van der Waals surface area contributed by atoms with E-state index >= 15 is 0 Å². The molecule has 3 rings (SSSR count). The Morgan fingerprint density at radius 2 is 1.94 bits per heavy atom. The van der Waals surface area contributed by atoms with Crippen LogP contribution in [-0.2, 0) is 0 Å². The standard InChI is InChI=1S/C20H15BrN6O5/c1-26(2)19(28)12-4-3-5-14(8-12)32-20-24-17(23)16(27(29)30)18(25-20)31-15-7-11(10-22)6-13(21)9-15/h3-9H,1-2H3,(H2,23,24,25). The zero-order valence-electron chi connectivity index (χ0n) is 16.8. The molecule has 1 heterocycles. The lowest BCUT2D eigenvalue weighted by molar-refractivity contribution is -0.385. The third kappa shape index (κ3) is 5.08. The van der Waals surface area contributed by atoms with Crippen molar-refractivity contribution in [1.29, 1.82) is 5.26 Å². The van der Waals surface area contributed by atoms with Crippen LogP contribution in [0.4, 0.5) is 11.5 Å². The monoisotopic (exact) mass is 498 g/mol.